The Balaban J connectivity index is 1.57. The highest BCUT2D eigenvalue weighted by Crippen LogP contribution is 2.18. The van der Waals surface area contributed by atoms with Gasteiger partial charge in [0.2, 0.25) is 0 Å². The van der Waals surface area contributed by atoms with Gasteiger partial charge in [0.05, 0.1) is 18.4 Å². The average molecular weight is 413 g/mol. The summed E-state index contributed by atoms with van der Waals surface area (Å²) < 4.78 is 10.6. The van der Waals surface area contributed by atoms with Crippen LogP contribution in [-0.2, 0) is 22.6 Å². The average Bonchev–Trinajstić information content (AvgIpc) is 3.25. The molecule has 0 radical (unpaired) electrons. The molecular weight excluding hydrogens is 392 g/mol. The van der Waals surface area contributed by atoms with Crippen LogP contribution in [-0.4, -0.2) is 18.0 Å². The molecule has 0 aliphatic carbocycles. The summed E-state index contributed by atoms with van der Waals surface area (Å²) in [4.78, 5) is 24.9. The van der Waals surface area contributed by atoms with Crippen molar-refractivity contribution in [3.63, 3.8) is 0 Å². The fourth-order valence-electron chi connectivity index (χ4n) is 2.66. The third-order valence-electron chi connectivity index (χ3n) is 4.24. The number of hydrogen-bond donors (Lipinski definition) is 2. The zero-order chi connectivity index (χ0) is 20.6. The van der Waals surface area contributed by atoms with Crippen LogP contribution in [0.1, 0.15) is 28.6 Å². The molecule has 0 fully saturated rings. The van der Waals surface area contributed by atoms with Crippen molar-refractivity contribution in [3.8, 4) is 0 Å². The van der Waals surface area contributed by atoms with Gasteiger partial charge in [-0.15, -0.1) is 0 Å². The van der Waals surface area contributed by atoms with Crippen molar-refractivity contribution < 1.29 is 18.7 Å². The molecule has 0 bridgehead atoms. The van der Waals surface area contributed by atoms with E-state index in [-0.39, 0.29) is 6.54 Å². The van der Waals surface area contributed by atoms with Gasteiger partial charge >= 0.3 is 5.97 Å². The van der Waals surface area contributed by atoms with Crippen LogP contribution in [0.25, 0.3) is 0 Å². The Morgan fingerprint density at radius 3 is 2.55 bits per heavy atom. The molecule has 2 aromatic carbocycles. The van der Waals surface area contributed by atoms with Gasteiger partial charge in [0.15, 0.2) is 6.10 Å². The molecule has 6 nitrogen and oxygen atoms in total. The quantitative estimate of drug-likeness (QED) is 0.536. The summed E-state index contributed by atoms with van der Waals surface area (Å²) in [7, 11) is 0. The van der Waals surface area contributed by atoms with E-state index in [9.17, 15) is 9.59 Å². The number of furan rings is 1. The van der Waals surface area contributed by atoms with Crippen LogP contribution < -0.4 is 10.6 Å². The van der Waals surface area contributed by atoms with Gasteiger partial charge in [-0.25, -0.2) is 4.79 Å². The molecule has 7 heteroatoms. The molecule has 29 heavy (non-hydrogen) atoms. The summed E-state index contributed by atoms with van der Waals surface area (Å²) in [5.41, 5.74) is 1.72. The fraction of sp³-hybridized carbons (Fsp3) is 0.182. The predicted molar refractivity (Wildman–Crippen MR) is 111 cm³/mol. The Hall–Kier alpha value is -3.25. The first-order valence-electron chi connectivity index (χ1n) is 9.12. The number of ether oxygens (including phenoxy) is 1. The highest BCUT2D eigenvalue weighted by Gasteiger charge is 2.20. The third-order valence-corrected chi connectivity index (χ3v) is 4.61. The van der Waals surface area contributed by atoms with Crippen LogP contribution in [0.15, 0.2) is 71.3 Å². The standard InChI is InChI=1S/C22H21ClN2O4/c1-15(21(26)25-13-16-7-2-4-10-19(16)23)29-22(27)18-9-3-5-11-20(18)24-14-17-8-6-12-28-17/h2-12,15,24H,13-14H2,1H3,(H,25,26)/t15-/m0/s1. The number of halogens is 1. The first-order valence-corrected chi connectivity index (χ1v) is 9.50. The van der Waals surface area contributed by atoms with Crippen LogP contribution >= 0.6 is 11.6 Å². The van der Waals surface area contributed by atoms with Gasteiger partial charge in [-0.2, -0.15) is 0 Å². The van der Waals surface area contributed by atoms with Crippen molar-refractivity contribution in [2.24, 2.45) is 0 Å². The largest absolute Gasteiger partial charge is 0.467 e. The van der Waals surface area contributed by atoms with Crippen molar-refractivity contribution in [2.75, 3.05) is 5.32 Å². The first kappa shape index (κ1) is 20.5. The zero-order valence-corrected chi connectivity index (χ0v) is 16.6. The summed E-state index contributed by atoms with van der Waals surface area (Å²) in [6.45, 7) is 2.20. The van der Waals surface area contributed by atoms with Crippen molar-refractivity contribution in [2.45, 2.75) is 26.1 Å². The van der Waals surface area contributed by atoms with Gasteiger partial charge in [0.25, 0.3) is 5.91 Å². The van der Waals surface area contributed by atoms with Crippen molar-refractivity contribution >= 4 is 29.2 Å². The van der Waals surface area contributed by atoms with Gasteiger partial charge in [-0.05, 0) is 42.8 Å². The molecular formula is C22H21ClN2O4. The lowest BCUT2D eigenvalue weighted by molar-refractivity contribution is -0.129. The van der Waals surface area contributed by atoms with E-state index in [1.165, 1.54) is 6.92 Å². The monoisotopic (exact) mass is 412 g/mol. The lowest BCUT2D eigenvalue weighted by Gasteiger charge is -2.16. The van der Waals surface area contributed by atoms with E-state index in [4.69, 9.17) is 20.8 Å². The maximum Gasteiger partial charge on any atom is 0.341 e. The Morgan fingerprint density at radius 1 is 1.03 bits per heavy atom. The number of nitrogens with one attached hydrogen (secondary N) is 2. The van der Waals surface area contributed by atoms with E-state index in [0.29, 0.717) is 22.8 Å². The van der Waals surface area contributed by atoms with Gasteiger partial charge in [0.1, 0.15) is 5.76 Å². The number of carbonyl (C=O) groups is 2. The third kappa shape index (κ3) is 5.62. The molecule has 0 aliphatic heterocycles. The smallest absolute Gasteiger partial charge is 0.341 e. The minimum atomic E-state index is -0.955. The molecule has 0 spiro atoms. The van der Waals surface area contributed by atoms with Crippen LogP contribution in [0, 0.1) is 0 Å². The van der Waals surface area contributed by atoms with E-state index in [1.54, 1.807) is 42.7 Å². The second kappa shape index (κ2) is 9.80. The molecule has 3 rings (SSSR count). The Morgan fingerprint density at radius 2 is 1.79 bits per heavy atom. The molecule has 0 aliphatic rings. The molecule has 0 saturated carbocycles. The number of anilines is 1. The van der Waals surface area contributed by atoms with Gasteiger partial charge in [-0.1, -0.05) is 41.9 Å². The molecule has 1 atom stereocenters. The lowest BCUT2D eigenvalue weighted by atomic mass is 10.1. The second-order valence-electron chi connectivity index (χ2n) is 6.34. The van der Waals surface area contributed by atoms with E-state index in [2.05, 4.69) is 10.6 Å². The first-order chi connectivity index (χ1) is 14.0. The highest BCUT2D eigenvalue weighted by atomic mass is 35.5. The van der Waals surface area contributed by atoms with E-state index in [0.717, 1.165) is 11.3 Å². The number of benzene rings is 2. The normalized spacial score (nSPS) is 11.5. The maximum absolute atomic E-state index is 12.6. The number of amides is 1. The maximum atomic E-state index is 12.6. The lowest BCUT2D eigenvalue weighted by Crippen LogP contribution is -2.35. The fourth-order valence-corrected chi connectivity index (χ4v) is 2.86. The topological polar surface area (TPSA) is 80.6 Å². The number of esters is 1. The molecule has 0 saturated heterocycles. The summed E-state index contributed by atoms with van der Waals surface area (Å²) in [5.74, 6) is -0.257. The SMILES string of the molecule is C[C@H](OC(=O)c1ccccc1NCc1ccco1)C(=O)NCc1ccccc1Cl. The number of para-hydroxylation sites is 1. The second-order valence-corrected chi connectivity index (χ2v) is 6.74. The number of rotatable bonds is 8. The zero-order valence-electron chi connectivity index (χ0n) is 15.9. The molecule has 1 amide bonds. The van der Waals surface area contributed by atoms with Gasteiger partial charge in [-0.3, -0.25) is 4.79 Å². The van der Waals surface area contributed by atoms with Crippen LogP contribution in [0.5, 0.6) is 0 Å². The van der Waals surface area contributed by atoms with E-state index >= 15 is 0 Å². The highest BCUT2D eigenvalue weighted by molar-refractivity contribution is 6.31. The number of hydrogen-bond acceptors (Lipinski definition) is 5. The van der Waals surface area contributed by atoms with Crippen molar-refractivity contribution in [1.29, 1.82) is 0 Å². The minimum Gasteiger partial charge on any atom is -0.467 e. The van der Waals surface area contributed by atoms with E-state index < -0.39 is 18.0 Å². The van der Waals surface area contributed by atoms with Crippen LogP contribution in [0.2, 0.25) is 5.02 Å². The van der Waals surface area contributed by atoms with Gasteiger partial charge < -0.3 is 19.8 Å². The van der Waals surface area contributed by atoms with E-state index in [1.807, 2.05) is 24.3 Å². The minimum absolute atomic E-state index is 0.252. The van der Waals surface area contributed by atoms with Crippen LogP contribution in [0.4, 0.5) is 5.69 Å². The molecule has 3 aromatic rings. The van der Waals surface area contributed by atoms with Crippen LogP contribution in [0.3, 0.4) is 0 Å². The van der Waals surface area contributed by atoms with Crippen molar-refractivity contribution in [1.82, 2.24) is 5.32 Å². The van der Waals surface area contributed by atoms with Crippen molar-refractivity contribution in [3.05, 3.63) is 88.8 Å². The van der Waals surface area contributed by atoms with Gasteiger partial charge in [0, 0.05) is 17.3 Å². The Bertz CT molecular complexity index is 972. The summed E-state index contributed by atoms with van der Waals surface area (Å²) in [5, 5.41) is 6.43. The summed E-state index contributed by atoms with van der Waals surface area (Å²) in [6.07, 6.45) is 0.628. The predicted octanol–water partition coefficient (Wildman–Crippen LogP) is 4.41. The number of carbonyl (C=O) groups excluding carboxylic acids is 2. The molecule has 2 N–H and O–H groups in total. The molecule has 1 heterocycles. The summed E-state index contributed by atoms with van der Waals surface area (Å²) in [6, 6.07) is 17.8. The Labute approximate surface area is 173 Å². The Kier molecular flexibility index (Phi) is 6.92. The molecule has 1 aromatic heterocycles. The molecule has 150 valence electrons. The molecule has 0 unspecified atom stereocenters. The summed E-state index contributed by atoms with van der Waals surface area (Å²) >= 11 is 6.09.